The van der Waals surface area contributed by atoms with Crippen molar-refractivity contribution >= 4 is 5.97 Å². The second kappa shape index (κ2) is 5.11. The molecule has 4 aliphatic carbocycles. The molecule has 28 heavy (non-hydrogen) atoms. The van der Waals surface area contributed by atoms with Gasteiger partial charge in [-0.25, -0.2) is 4.79 Å². The highest BCUT2D eigenvalue weighted by molar-refractivity contribution is 5.93. The van der Waals surface area contributed by atoms with Crippen molar-refractivity contribution in [3.63, 3.8) is 0 Å². The molecule has 0 aromatic heterocycles. The second-order valence-corrected chi connectivity index (χ2v) is 10.6. The number of carbonyl (C=O) groups excluding carboxylic acids is 1. The lowest BCUT2D eigenvalue weighted by atomic mass is 9.42. The Morgan fingerprint density at radius 1 is 1.29 bits per heavy atom. The topological polar surface area (TPSA) is 70.0 Å². The first-order valence-electron chi connectivity index (χ1n) is 11.0. The molecule has 2 aliphatic heterocycles. The Hall–Kier alpha value is -1.17. The molecule has 6 aliphatic rings. The maximum absolute atomic E-state index is 12.8. The molecule has 0 aromatic carbocycles. The Morgan fingerprint density at radius 3 is 2.82 bits per heavy atom. The molecule has 2 N–H and O–H groups in total. The van der Waals surface area contributed by atoms with Gasteiger partial charge in [0.25, 0.3) is 0 Å². The smallest absolute Gasteiger partial charge is 0.334 e. The molecule has 2 heterocycles. The van der Waals surface area contributed by atoms with E-state index in [0.717, 1.165) is 55.5 Å². The molecule has 7 atom stereocenters. The van der Waals surface area contributed by atoms with Gasteiger partial charge < -0.3 is 14.9 Å². The average molecular weight is 386 g/mol. The minimum absolute atomic E-state index is 0.0546. The molecule has 4 bridgehead atoms. The number of ether oxygens (including phenoxy) is 1. The highest BCUT2D eigenvalue weighted by Gasteiger charge is 2.79. The monoisotopic (exact) mass is 385 g/mol. The first-order valence-corrected chi connectivity index (χ1v) is 11.0. The summed E-state index contributed by atoms with van der Waals surface area (Å²) in [7, 11) is 1.44. The van der Waals surface area contributed by atoms with E-state index in [1.165, 1.54) is 7.11 Å². The summed E-state index contributed by atoms with van der Waals surface area (Å²) < 4.78 is 5.17. The van der Waals surface area contributed by atoms with Crippen LogP contribution in [0.1, 0.15) is 52.4 Å². The molecule has 6 rings (SSSR count). The molecule has 2 saturated heterocycles. The van der Waals surface area contributed by atoms with E-state index < -0.39 is 17.2 Å². The fraction of sp³-hybridized carbons (Fsp3) is 0.783. The van der Waals surface area contributed by atoms with Crippen molar-refractivity contribution in [1.82, 2.24) is 4.90 Å². The lowest BCUT2D eigenvalue weighted by Crippen LogP contribution is -2.74. The molecule has 5 nitrogen and oxygen atoms in total. The van der Waals surface area contributed by atoms with Gasteiger partial charge in [-0.15, -0.1) is 0 Å². The summed E-state index contributed by atoms with van der Waals surface area (Å²) in [6.45, 7) is 6.53. The number of nitrogens with zero attached hydrogens (tertiary/aromatic N) is 1. The predicted octanol–water partition coefficient (Wildman–Crippen LogP) is 2.39. The molecule has 1 spiro atoms. The van der Waals surface area contributed by atoms with Crippen LogP contribution in [0.4, 0.5) is 0 Å². The van der Waals surface area contributed by atoms with Crippen molar-refractivity contribution in [3.05, 3.63) is 22.3 Å². The fourth-order valence-electron chi connectivity index (χ4n) is 8.84. The van der Waals surface area contributed by atoms with Crippen LogP contribution in [0.5, 0.6) is 0 Å². The van der Waals surface area contributed by atoms with Gasteiger partial charge in [0.05, 0.1) is 13.2 Å². The third-order valence-corrected chi connectivity index (χ3v) is 9.96. The van der Waals surface area contributed by atoms with Crippen LogP contribution in [0.15, 0.2) is 22.3 Å². The Labute approximate surface area is 166 Å². The highest BCUT2D eigenvalue weighted by atomic mass is 16.5. The zero-order valence-corrected chi connectivity index (χ0v) is 17.1. The first-order chi connectivity index (χ1) is 13.3. The third-order valence-electron chi connectivity index (χ3n) is 9.96. The number of hydrogen-bond donors (Lipinski definition) is 2. The van der Waals surface area contributed by atoms with Gasteiger partial charge in [0.1, 0.15) is 5.72 Å². The number of aliphatic hydroxyl groups is 2. The largest absolute Gasteiger partial charge is 0.466 e. The van der Waals surface area contributed by atoms with Crippen LogP contribution < -0.4 is 0 Å². The summed E-state index contributed by atoms with van der Waals surface area (Å²) >= 11 is 0. The van der Waals surface area contributed by atoms with Crippen LogP contribution in [-0.4, -0.2) is 53.1 Å². The van der Waals surface area contributed by atoms with Crippen molar-refractivity contribution in [3.8, 4) is 0 Å². The summed E-state index contributed by atoms with van der Waals surface area (Å²) in [5.41, 5.74) is 2.52. The van der Waals surface area contributed by atoms with Gasteiger partial charge in [-0.05, 0) is 66.1 Å². The van der Waals surface area contributed by atoms with E-state index in [1.54, 1.807) is 0 Å². The third kappa shape index (κ3) is 1.57. The van der Waals surface area contributed by atoms with Gasteiger partial charge in [0, 0.05) is 36.4 Å². The quantitative estimate of drug-likeness (QED) is 0.679. The molecular weight excluding hydrogens is 354 g/mol. The number of aliphatic hydroxyl groups excluding tert-OH is 1. The van der Waals surface area contributed by atoms with Crippen LogP contribution in [0.3, 0.4) is 0 Å². The maximum Gasteiger partial charge on any atom is 0.334 e. The summed E-state index contributed by atoms with van der Waals surface area (Å²) in [4.78, 5) is 15.2. The zero-order valence-electron chi connectivity index (χ0n) is 17.1. The van der Waals surface area contributed by atoms with E-state index in [2.05, 4.69) is 18.7 Å². The minimum atomic E-state index is -0.925. The van der Waals surface area contributed by atoms with E-state index >= 15 is 0 Å². The van der Waals surface area contributed by atoms with Crippen molar-refractivity contribution in [1.29, 1.82) is 0 Å². The van der Waals surface area contributed by atoms with E-state index in [1.807, 2.05) is 0 Å². The Morgan fingerprint density at radius 2 is 2.07 bits per heavy atom. The predicted molar refractivity (Wildman–Crippen MR) is 103 cm³/mol. The maximum atomic E-state index is 12.8. The van der Waals surface area contributed by atoms with Gasteiger partial charge in [0.2, 0.25) is 0 Å². The normalized spacial score (nSPS) is 51.5. The lowest BCUT2D eigenvalue weighted by Gasteiger charge is -2.69. The van der Waals surface area contributed by atoms with Crippen LogP contribution >= 0.6 is 0 Å². The number of hydrogen-bond acceptors (Lipinski definition) is 5. The first kappa shape index (κ1) is 17.7. The minimum Gasteiger partial charge on any atom is -0.466 e. The number of rotatable bonds is 1. The van der Waals surface area contributed by atoms with Crippen LogP contribution in [0.2, 0.25) is 0 Å². The zero-order chi connectivity index (χ0) is 19.6. The number of piperidine rings is 1. The van der Waals surface area contributed by atoms with E-state index in [-0.39, 0.29) is 17.3 Å². The molecular formula is C23H31NO4. The van der Waals surface area contributed by atoms with Gasteiger partial charge in [0.15, 0.2) is 0 Å². The van der Waals surface area contributed by atoms with Gasteiger partial charge in [-0.1, -0.05) is 13.8 Å². The molecule has 3 fully saturated rings. The molecule has 1 saturated carbocycles. The van der Waals surface area contributed by atoms with Crippen LogP contribution in [-0.2, 0) is 9.53 Å². The van der Waals surface area contributed by atoms with E-state index in [4.69, 9.17) is 4.74 Å². The van der Waals surface area contributed by atoms with Crippen molar-refractivity contribution < 1.29 is 19.7 Å². The van der Waals surface area contributed by atoms with Crippen molar-refractivity contribution in [2.45, 2.75) is 64.2 Å². The molecule has 0 aromatic rings. The molecule has 0 amide bonds. The Bertz CT molecular complexity index is 861. The van der Waals surface area contributed by atoms with Gasteiger partial charge >= 0.3 is 5.97 Å². The SMILES string of the molecule is COC(=O)C1=C2C[C@H](O)C3=C2C2(C1)C1(C)CCC4[C@H](C)CN(C[C@H]1CC3)C42O. The van der Waals surface area contributed by atoms with Crippen LogP contribution in [0.25, 0.3) is 0 Å². The van der Waals surface area contributed by atoms with Crippen molar-refractivity contribution in [2.75, 3.05) is 20.2 Å². The number of methoxy groups -OCH3 is 1. The fourth-order valence-corrected chi connectivity index (χ4v) is 8.84. The molecule has 152 valence electrons. The highest BCUT2D eigenvalue weighted by Crippen LogP contribution is 2.78. The van der Waals surface area contributed by atoms with Crippen LogP contribution in [0, 0.1) is 28.6 Å². The Kier molecular flexibility index (Phi) is 3.22. The summed E-state index contributed by atoms with van der Waals surface area (Å²) in [5.74, 6) is 0.881. The molecule has 5 heteroatoms. The average Bonchev–Trinajstić information content (AvgIpc) is 3.23. The standard InChI is InChI=1S/C23H31NO4/c1-12-10-24-11-13-4-5-14-18(25)8-15-16(20(26)28-3)9-22(19(14)15)21(13,2)7-6-17(12)23(22,24)27/h12-13,17-18,25,27H,4-11H2,1-3H3/t12-,13-,17?,18+,21?,22?,23?/m1/s1. The molecule has 4 unspecified atom stereocenters. The number of esters is 1. The summed E-state index contributed by atoms with van der Waals surface area (Å²) in [5, 5.41) is 23.5. The van der Waals surface area contributed by atoms with E-state index in [0.29, 0.717) is 30.3 Å². The lowest BCUT2D eigenvalue weighted by molar-refractivity contribution is -0.292. The van der Waals surface area contributed by atoms with E-state index in [9.17, 15) is 15.0 Å². The second-order valence-electron chi connectivity index (χ2n) is 10.6. The summed E-state index contributed by atoms with van der Waals surface area (Å²) in [6.07, 6.45) is 4.67. The summed E-state index contributed by atoms with van der Waals surface area (Å²) in [6, 6.07) is 0. The van der Waals surface area contributed by atoms with Crippen molar-refractivity contribution in [2.24, 2.45) is 28.6 Å². The van der Waals surface area contributed by atoms with Gasteiger partial charge in [-0.3, -0.25) is 4.90 Å². The Balaban J connectivity index is 1.68. The van der Waals surface area contributed by atoms with Gasteiger partial charge in [-0.2, -0.15) is 0 Å². The molecule has 0 radical (unpaired) electrons. The number of carbonyl (C=O) groups is 1.